The molecule has 1 aromatic rings. The summed E-state index contributed by atoms with van der Waals surface area (Å²) < 4.78 is 11.3. The number of piperazine rings is 1. The third kappa shape index (κ3) is 3.86. The maximum absolute atomic E-state index is 13.0. The lowest BCUT2D eigenvalue weighted by Crippen LogP contribution is -2.57. The molecule has 1 aliphatic carbocycles. The third-order valence-corrected chi connectivity index (χ3v) is 5.95. The van der Waals surface area contributed by atoms with Crippen molar-refractivity contribution in [3.05, 3.63) is 23.9 Å². The van der Waals surface area contributed by atoms with E-state index in [2.05, 4.69) is 16.8 Å². The molecule has 26 heavy (non-hydrogen) atoms. The largest absolute Gasteiger partial charge is 0.474 e. The first-order valence-corrected chi connectivity index (χ1v) is 9.96. The highest BCUT2D eigenvalue weighted by molar-refractivity contribution is 5.94. The van der Waals surface area contributed by atoms with Crippen LogP contribution in [0.15, 0.2) is 18.3 Å². The second kappa shape index (κ2) is 7.92. The molecule has 1 atom stereocenters. The first-order chi connectivity index (χ1) is 12.7. The van der Waals surface area contributed by atoms with E-state index in [4.69, 9.17) is 9.47 Å². The number of hydrogen-bond acceptors (Lipinski definition) is 5. The Bertz CT molecular complexity index is 628. The minimum atomic E-state index is 0.0880. The van der Waals surface area contributed by atoms with Crippen LogP contribution in [0.5, 0.6) is 5.88 Å². The Morgan fingerprint density at radius 3 is 2.73 bits per heavy atom. The maximum atomic E-state index is 13.0. The van der Waals surface area contributed by atoms with Gasteiger partial charge >= 0.3 is 0 Å². The Morgan fingerprint density at radius 1 is 1.23 bits per heavy atom. The van der Waals surface area contributed by atoms with E-state index in [0.29, 0.717) is 17.5 Å². The highest BCUT2D eigenvalue weighted by Gasteiger charge is 2.32. The van der Waals surface area contributed by atoms with Crippen molar-refractivity contribution in [2.24, 2.45) is 0 Å². The zero-order valence-corrected chi connectivity index (χ0v) is 15.6. The summed E-state index contributed by atoms with van der Waals surface area (Å²) in [5.74, 6) is 0.666. The Kier molecular flexibility index (Phi) is 5.41. The lowest BCUT2D eigenvalue weighted by atomic mass is 9.96. The van der Waals surface area contributed by atoms with Gasteiger partial charge in [-0.05, 0) is 45.1 Å². The minimum Gasteiger partial charge on any atom is -0.474 e. The van der Waals surface area contributed by atoms with Gasteiger partial charge in [-0.25, -0.2) is 4.98 Å². The Hall–Kier alpha value is -1.66. The van der Waals surface area contributed by atoms with Crippen LogP contribution in [0.25, 0.3) is 0 Å². The van der Waals surface area contributed by atoms with Crippen molar-refractivity contribution in [2.45, 2.75) is 57.2 Å². The molecule has 3 aliphatic rings. The van der Waals surface area contributed by atoms with Gasteiger partial charge in [0.05, 0.1) is 0 Å². The summed E-state index contributed by atoms with van der Waals surface area (Å²) in [4.78, 5) is 21.8. The fourth-order valence-electron chi connectivity index (χ4n) is 4.10. The molecule has 1 saturated carbocycles. The fourth-order valence-corrected chi connectivity index (χ4v) is 4.10. The van der Waals surface area contributed by atoms with Gasteiger partial charge in [0, 0.05) is 62.8 Å². The predicted octanol–water partition coefficient (Wildman–Crippen LogP) is 2.34. The molecule has 6 nitrogen and oxygen atoms in total. The Labute approximate surface area is 155 Å². The third-order valence-electron chi connectivity index (χ3n) is 5.95. The number of aromatic nitrogens is 1. The Balaban J connectivity index is 1.38. The molecule has 3 fully saturated rings. The number of carbonyl (C=O) groups excluding carboxylic acids is 1. The van der Waals surface area contributed by atoms with Crippen LogP contribution in [0.4, 0.5) is 0 Å². The van der Waals surface area contributed by atoms with Crippen LogP contribution in [-0.4, -0.2) is 71.7 Å². The van der Waals surface area contributed by atoms with E-state index in [-0.39, 0.29) is 18.1 Å². The SMILES string of the molecule is C[C@@H]1CN(C2CCOCC2)CCN1C(=O)c1ccnc(OC2CCC2)c1. The maximum Gasteiger partial charge on any atom is 0.254 e. The number of nitrogens with zero attached hydrogens (tertiary/aromatic N) is 3. The number of pyridine rings is 1. The second-order valence-corrected chi connectivity index (χ2v) is 7.74. The lowest BCUT2D eigenvalue weighted by molar-refractivity contribution is 0.000688. The van der Waals surface area contributed by atoms with E-state index in [1.54, 1.807) is 18.3 Å². The highest BCUT2D eigenvalue weighted by atomic mass is 16.5. The number of amides is 1. The van der Waals surface area contributed by atoms with E-state index >= 15 is 0 Å². The molecule has 0 unspecified atom stereocenters. The van der Waals surface area contributed by atoms with Gasteiger partial charge in [-0.3, -0.25) is 9.69 Å². The van der Waals surface area contributed by atoms with Gasteiger partial charge in [0.15, 0.2) is 0 Å². The molecule has 1 aromatic heterocycles. The van der Waals surface area contributed by atoms with Gasteiger partial charge in [0.1, 0.15) is 6.10 Å². The lowest BCUT2D eigenvalue weighted by Gasteiger charge is -2.44. The van der Waals surface area contributed by atoms with Crippen molar-refractivity contribution in [3.8, 4) is 5.88 Å². The van der Waals surface area contributed by atoms with Crippen LogP contribution in [-0.2, 0) is 4.74 Å². The van der Waals surface area contributed by atoms with E-state index in [9.17, 15) is 4.79 Å². The molecule has 3 heterocycles. The molecule has 0 aromatic carbocycles. The first kappa shape index (κ1) is 17.7. The summed E-state index contributed by atoms with van der Waals surface area (Å²) in [6.45, 7) is 6.52. The standard InChI is InChI=1S/C20H29N3O3/c1-15-14-22(17-6-11-25-12-7-17)9-10-23(15)20(24)16-5-8-21-19(13-16)26-18-3-2-4-18/h5,8,13,15,17-18H,2-4,6-7,9-12,14H2,1H3/t15-/m1/s1. The van der Waals surface area contributed by atoms with Crippen molar-refractivity contribution in [3.63, 3.8) is 0 Å². The molecule has 0 N–H and O–H groups in total. The first-order valence-electron chi connectivity index (χ1n) is 9.96. The van der Waals surface area contributed by atoms with Gasteiger partial charge in [-0.1, -0.05) is 0 Å². The topological polar surface area (TPSA) is 54.9 Å². The minimum absolute atomic E-state index is 0.0880. The van der Waals surface area contributed by atoms with E-state index < -0.39 is 0 Å². The molecular weight excluding hydrogens is 330 g/mol. The van der Waals surface area contributed by atoms with E-state index in [1.165, 1.54) is 6.42 Å². The summed E-state index contributed by atoms with van der Waals surface area (Å²) >= 11 is 0. The Morgan fingerprint density at radius 2 is 2.04 bits per heavy atom. The van der Waals surface area contributed by atoms with Crippen LogP contribution in [0.1, 0.15) is 49.4 Å². The van der Waals surface area contributed by atoms with Gasteiger partial charge in [0.2, 0.25) is 5.88 Å². The smallest absolute Gasteiger partial charge is 0.254 e. The van der Waals surface area contributed by atoms with Crippen molar-refractivity contribution < 1.29 is 14.3 Å². The predicted molar refractivity (Wildman–Crippen MR) is 98.4 cm³/mol. The summed E-state index contributed by atoms with van der Waals surface area (Å²) in [6.07, 6.45) is 7.56. The summed E-state index contributed by atoms with van der Waals surface area (Å²) in [6, 6.07) is 4.42. The van der Waals surface area contributed by atoms with Crippen molar-refractivity contribution >= 4 is 5.91 Å². The zero-order chi connectivity index (χ0) is 17.9. The van der Waals surface area contributed by atoms with Crippen LogP contribution in [0, 0.1) is 0 Å². The highest BCUT2D eigenvalue weighted by Crippen LogP contribution is 2.25. The number of rotatable bonds is 4. The van der Waals surface area contributed by atoms with E-state index in [0.717, 1.165) is 58.5 Å². The zero-order valence-electron chi connectivity index (χ0n) is 15.6. The van der Waals surface area contributed by atoms with Crippen molar-refractivity contribution in [1.29, 1.82) is 0 Å². The number of carbonyl (C=O) groups is 1. The fraction of sp³-hybridized carbons (Fsp3) is 0.700. The molecule has 6 heteroatoms. The number of hydrogen-bond donors (Lipinski definition) is 0. The number of ether oxygens (including phenoxy) is 2. The van der Waals surface area contributed by atoms with Crippen molar-refractivity contribution in [1.82, 2.24) is 14.8 Å². The van der Waals surface area contributed by atoms with Gasteiger partial charge in [-0.2, -0.15) is 0 Å². The summed E-state index contributed by atoms with van der Waals surface area (Å²) in [5.41, 5.74) is 0.681. The second-order valence-electron chi connectivity index (χ2n) is 7.74. The monoisotopic (exact) mass is 359 g/mol. The van der Waals surface area contributed by atoms with E-state index in [1.807, 2.05) is 4.90 Å². The molecular formula is C20H29N3O3. The van der Waals surface area contributed by atoms with Gasteiger partial charge in [0.25, 0.3) is 5.91 Å². The normalized spacial score (nSPS) is 25.7. The van der Waals surface area contributed by atoms with Gasteiger partial charge in [-0.15, -0.1) is 0 Å². The van der Waals surface area contributed by atoms with Crippen LogP contribution < -0.4 is 4.74 Å². The molecule has 2 saturated heterocycles. The van der Waals surface area contributed by atoms with Crippen LogP contribution in [0.3, 0.4) is 0 Å². The molecule has 4 rings (SSSR count). The molecule has 0 radical (unpaired) electrons. The van der Waals surface area contributed by atoms with Crippen LogP contribution >= 0.6 is 0 Å². The molecule has 0 spiro atoms. The summed E-state index contributed by atoms with van der Waals surface area (Å²) in [5, 5.41) is 0. The molecule has 2 aliphatic heterocycles. The molecule has 0 bridgehead atoms. The van der Waals surface area contributed by atoms with Gasteiger partial charge < -0.3 is 14.4 Å². The quantitative estimate of drug-likeness (QED) is 0.826. The molecule has 1 amide bonds. The summed E-state index contributed by atoms with van der Waals surface area (Å²) in [7, 11) is 0. The van der Waals surface area contributed by atoms with Crippen molar-refractivity contribution in [2.75, 3.05) is 32.8 Å². The van der Waals surface area contributed by atoms with Crippen LogP contribution in [0.2, 0.25) is 0 Å². The molecule has 142 valence electrons. The average molecular weight is 359 g/mol. The average Bonchev–Trinajstić information content (AvgIpc) is 2.65.